The summed E-state index contributed by atoms with van der Waals surface area (Å²) in [5, 5.41) is 34.9. The quantitative estimate of drug-likeness (QED) is 0.0342. The number of aromatic nitrogens is 15. The van der Waals surface area contributed by atoms with Gasteiger partial charge < -0.3 is 77.3 Å². The highest BCUT2D eigenvalue weighted by Gasteiger charge is 2.38. The predicted octanol–water partition coefficient (Wildman–Crippen LogP) is 14.7. The molecule has 3 aliphatic carbocycles. The normalized spacial score (nSPS) is 16.9. The van der Waals surface area contributed by atoms with Crippen LogP contribution in [0.2, 0.25) is 0 Å². The molecule has 5 amide bonds. The van der Waals surface area contributed by atoms with Gasteiger partial charge >= 0.3 is 0 Å². The zero-order chi connectivity index (χ0) is 100. The molecule has 0 unspecified atom stereocenters. The van der Waals surface area contributed by atoms with Crippen LogP contribution in [0.5, 0.6) is 0 Å². The minimum atomic E-state index is -0.110. The van der Waals surface area contributed by atoms with E-state index in [-0.39, 0.29) is 47.7 Å². The van der Waals surface area contributed by atoms with E-state index in [2.05, 4.69) is 143 Å². The second-order valence-electron chi connectivity index (χ2n) is 40.2. The van der Waals surface area contributed by atoms with Crippen molar-refractivity contribution in [3.05, 3.63) is 241 Å². The Balaban J connectivity index is 0.000000101. The summed E-state index contributed by atoms with van der Waals surface area (Å²) in [5.41, 5.74) is 24.9. The van der Waals surface area contributed by atoms with Crippen LogP contribution in [0.25, 0.3) is 138 Å². The lowest BCUT2D eigenvalue weighted by Gasteiger charge is -2.36. The molecule has 4 saturated heterocycles. The van der Waals surface area contributed by atoms with Crippen LogP contribution in [-0.2, 0) is 0 Å². The molecule has 35 heteroatoms. The van der Waals surface area contributed by atoms with E-state index >= 15 is 0 Å². The maximum Gasteiger partial charge on any atom is 0.259 e. The predicted molar refractivity (Wildman–Crippen MR) is 583 cm³/mol. The number of para-hydroxylation sites is 10. The number of likely N-dealkylation sites (tertiary alicyclic amines) is 2. The first-order valence-corrected chi connectivity index (χ1v) is 51.3. The van der Waals surface area contributed by atoms with E-state index in [1.807, 2.05) is 220 Å². The minimum absolute atomic E-state index is 0.000564. The van der Waals surface area contributed by atoms with Crippen molar-refractivity contribution in [3.8, 4) is 0 Å². The number of piperazine rings is 1. The van der Waals surface area contributed by atoms with Gasteiger partial charge in [-0.15, -0.1) is 0 Å². The fourth-order valence-electron chi connectivity index (χ4n) is 21.6. The van der Waals surface area contributed by atoms with Crippen LogP contribution in [0.15, 0.2) is 214 Å². The summed E-state index contributed by atoms with van der Waals surface area (Å²) in [4.78, 5) is 127. The number of amides is 5. The number of carbonyl (C=O) groups excluding carboxylic acids is 5. The van der Waals surface area contributed by atoms with E-state index in [9.17, 15) is 24.0 Å². The molecule has 3 saturated carbocycles. The van der Waals surface area contributed by atoms with E-state index in [1.54, 1.807) is 31.0 Å². The number of fused-ring (bicyclic) bond motifs is 25. The molecular weight excluding hydrogens is 1850 g/mol. The lowest BCUT2D eigenvalue weighted by atomic mass is 10.1. The summed E-state index contributed by atoms with van der Waals surface area (Å²) >= 11 is 0. The largest absolute Gasteiger partial charge is 0.387 e. The monoisotopic (exact) mass is 1970 g/mol. The van der Waals surface area contributed by atoms with Crippen molar-refractivity contribution < 1.29 is 24.0 Å². The Hall–Kier alpha value is -16.0. The van der Waals surface area contributed by atoms with Crippen molar-refractivity contribution >= 4 is 196 Å². The number of nitrogens with zero attached hydrogens (tertiary/aromatic N) is 21. The second kappa shape index (κ2) is 40.2. The Morgan fingerprint density at radius 2 is 0.680 bits per heavy atom. The molecule has 147 heavy (non-hydrogen) atoms. The first-order chi connectivity index (χ1) is 71.9. The highest BCUT2D eigenvalue weighted by Crippen LogP contribution is 2.44. The van der Waals surface area contributed by atoms with Crippen molar-refractivity contribution in [2.75, 3.05) is 160 Å². The van der Waals surface area contributed by atoms with Crippen LogP contribution in [0.1, 0.15) is 123 Å². The Morgan fingerprint density at radius 3 is 1.05 bits per heavy atom. The number of benzene rings is 5. The zero-order valence-corrected chi connectivity index (χ0v) is 83.9. The van der Waals surface area contributed by atoms with Gasteiger partial charge in [-0.1, -0.05) is 60.7 Å². The van der Waals surface area contributed by atoms with Gasteiger partial charge in [-0.3, -0.25) is 70.9 Å². The Bertz CT molecular complexity index is 8530. The molecule has 15 aromatic heterocycles. The average molecular weight is 1970 g/mol. The number of nitrogens with one attached hydrogen (secondary N) is 9. The van der Waals surface area contributed by atoms with Crippen LogP contribution in [0.3, 0.4) is 0 Å². The van der Waals surface area contributed by atoms with E-state index in [1.165, 1.54) is 12.8 Å². The average Bonchev–Trinajstić information content (AvgIpc) is 1.48. The summed E-state index contributed by atoms with van der Waals surface area (Å²) in [7, 11) is 11.8. The van der Waals surface area contributed by atoms with Crippen molar-refractivity contribution in [2.45, 2.75) is 108 Å². The molecule has 0 radical (unpaired) electrons. The van der Waals surface area contributed by atoms with Gasteiger partial charge in [0.2, 0.25) is 0 Å². The number of imidazole rings is 5. The molecule has 35 nitrogen and oxygen atoms in total. The van der Waals surface area contributed by atoms with Crippen molar-refractivity contribution in [2.24, 2.45) is 0 Å². The second-order valence-corrected chi connectivity index (χ2v) is 40.2. The van der Waals surface area contributed by atoms with Crippen LogP contribution in [0.4, 0.5) is 28.4 Å². The van der Waals surface area contributed by atoms with E-state index in [0.29, 0.717) is 94.7 Å². The van der Waals surface area contributed by atoms with Crippen molar-refractivity contribution in [1.82, 2.24) is 123 Å². The smallest absolute Gasteiger partial charge is 0.259 e. The molecule has 0 spiro atoms. The summed E-state index contributed by atoms with van der Waals surface area (Å²) in [6, 6.07) is 51.9. The van der Waals surface area contributed by atoms with Gasteiger partial charge in [0, 0.05) is 205 Å². The van der Waals surface area contributed by atoms with Gasteiger partial charge in [-0.05, 0) is 210 Å². The van der Waals surface area contributed by atoms with Crippen molar-refractivity contribution in [3.63, 3.8) is 0 Å². The van der Waals surface area contributed by atoms with E-state index < -0.39 is 0 Å². The summed E-state index contributed by atoms with van der Waals surface area (Å²) < 4.78 is 10.4. The summed E-state index contributed by atoms with van der Waals surface area (Å²) in [6.45, 7) is 15.8. The Kier molecular flexibility index (Phi) is 25.9. The summed E-state index contributed by atoms with van der Waals surface area (Å²) in [5.74, 6) is -0.233. The molecule has 5 aromatic carbocycles. The van der Waals surface area contributed by atoms with Gasteiger partial charge in [-0.25, -0.2) is 24.9 Å². The van der Waals surface area contributed by atoms with Crippen LogP contribution in [-0.4, -0.2) is 301 Å². The van der Waals surface area contributed by atoms with Crippen LogP contribution >= 0.6 is 0 Å². The number of hydrogen-bond acceptors (Lipinski definition) is 25. The lowest BCUT2D eigenvalue weighted by Crippen LogP contribution is -2.57. The first kappa shape index (κ1) is 94.6. The third-order valence-corrected chi connectivity index (χ3v) is 29.1. The number of likely N-dealkylation sites (N-methyl/N-ethyl adjacent to an activating group) is 3. The lowest BCUT2D eigenvalue weighted by molar-refractivity contribution is 0.0675. The SMILES string of the molecule is CN(C)CCNC(=O)c1c(NC2CC2)c2cnccc2n2c1nc1ccccc12.CN1CCCN(C(=O)c2c(NC3CC3)c3cnccc3n3c2nc2ccccc23)CC1.CNc1c(C(=O)N2C[C@@H](C)N[C@@H](C)C2)c2nc3ccccc3n2c2ccncc12.CNc1c(C(=O)NC2CN(C)C2)c2nc3ccccc3n2c2ccncc12.O=C(NCCN1CCCC1)c1c(NC2CC2)c2cnccc2n2c1nc1ccccc12. The summed E-state index contributed by atoms with van der Waals surface area (Å²) in [6.07, 6.45) is 28.3. The fourth-order valence-corrected chi connectivity index (χ4v) is 21.6. The fraction of sp³-hybridized carbons (Fsp3) is 0.330. The van der Waals surface area contributed by atoms with Gasteiger partial charge in [-0.2, -0.15) is 0 Å². The molecule has 2 atom stereocenters. The molecule has 748 valence electrons. The molecule has 7 aliphatic rings. The van der Waals surface area contributed by atoms with E-state index in [0.717, 1.165) is 254 Å². The topological polar surface area (TPSA) is 364 Å². The Labute approximate surface area is 847 Å². The first-order valence-electron chi connectivity index (χ1n) is 51.3. The van der Waals surface area contributed by atoms with Crippen molar-refractivity contribution in [1.29, 1.82) is 0 Å². The van der Waals surface area contributed by atoms with Gasteiger partial charge in [0.25, 0.3) is 29.5 Å². The van der Waals surface area contributed by atoms with Gasteiger partial charge in [0.15, 0.2) is 28.2 Å². The highest BCUT2D eigenvalue weighted by atomic mass is 16.2. The molecule has 19 heterocycles. The zero-order valence-electron chi connectivity index (χ0n) is 83.9. The molecule has 0 bridgehead atoms. The Morgan fingerprint density at radius 1 is 0.347 bits per heavy atom. The molecule has 4 aliphatic heterocycles. The maximum atomic E-state index is 14.0. The molecular formula is C112H120N30O5. The number of anilines is 5. The van der Waals surface area contributed by atoms with Crippen LogP contribution < -0.4 is 47.9 Å². The van der Waals surface area contributed by atoms with Gasteiger partial charge in [0.1, 0.15) is 27.8 Å². The number of rotatable bonds is 20. The molecule has 20 aromatic rings. The van der Waals surface area contributed by atoms with Crippen LogP contribution in [0, 0.1) is 0 Å². The minimum Gasteiger partial charge on any atom is -0.387 e. The maximum absolute atomic E-state index is 14.0. The number of pyridine rings is 10. The number of carbonyl (C=O) groups is 5. The van der Waals surface area contributed by atoms with E-state index in [4.69, 9.17) is 24.9 Å². The standard InChI is InChI=1S/2C24H26N6O.2C22H24N6O.C20H20N6O/c1-28-11-4-12-29(14-13-28)24(31)21-22(26-16-7-8-16)17-15-25-10-9-19(17)30-20-6-3-2-5-18(20)27-23(21)30;31-24(26-11-14-29-12-3-4-13-29)21-22(27-16-7-8-16)17-15-25-10-9-19(17)30-20-6-2-1-5-18(20)28-23(21)30;1-13-11-27(12-14(2)25-13)22(29)19-20(23-3)15-10-24-9-8-17(15)28-18-7-5-4-6-16(18)26-21(19)28;1-27(2)12-11-24-22(29)19-20(25-14-7-8-14)15-13-23-10-9-17(15)28-18-6-4-3-5-16(18)26-21(19)28;1-21-18-13-9-22-8-7-15(13)26-16-6-4-3-5-14(16)24-19(26)17(18)20(27)23-12-10-25(2)11-12/h2-3,5-6,9-10,15-16,26H,4,7-8,11-14H2,1H3;1-2,5-6,9-10,15-16,27H,3-4,7-8,11-14H2,(H,26,31);4-10,13-14,23,25H,11-12H2,1-3H3;3-6,9-10,13-14,25H,7-8,11-12H2,1-2H3,(H,24,29);3-9,12,21H,10-11H2,1-2H3,(H,23,27)/t;;13-,14+;;. The molecule has 27 rings (SSSR count). The van der Waals surface area contributed by atoms with Gasteiger partial charge in [0.05, 0.1) is 117 Å². The third-order valence-electron chi connectivity index (χ3n) is 29.1. The number of hydrogen-bond donors (Lipinski definition) is 9. The molecule has 7 fully saturated rings. The third kappa shape index (κ3) is 18.3. The molecule has 9 N–H and O–H groups in total. The highest BCUT2D eigenvalue weighted by molar-refractivity contribution is 6.19.